The average Bonchev–Trinajstić information content (AvgIpc) is 3.28. The topological polar surface area (TPSA) is 97.3 Å². The van der Waals surface area contributed by atoms with Gasteiger partial charge in [0.05, 0.1) is 37.7 Å². The summed E-state index contributed by atoms with van der Waals surface area (Å²) >= 11 is 0. The maximum Gasteiger partial charge on any atom is 0.340 e. The van der Waals surface area contributed by atoms with Gasteiger partial charge in [-0.05, 0) is 23.8 Å². The summed E-state index contributed by atoms with van der Waals surface area (Å²) in [5, 5.41) is 8.44. The average molecular weight is 409 g/mol. The molecule has 3 rings (SSSR count). The van der Waals surface area contributed by atoms with Gasteiger partial charge in [0.25, 0.3) is 0 Å². The summed E-state index contributed by atoms with van der Waals surface area (Å²) in [6.45, 7) is 0.496. The Hall–Kier alpha value is -3.68. The highest BCUT2D eigenvalue weighted by Gasteiger charge is 2.22. The molecule has 0 saturated heterocycles. The monoisotopic (exact) mass is 409 g/mol. The molecule has 30 heavy (non-hydrogen) atoms. The van der Waals surface area contributed by atoms with Crippen LogP contribution in [-0.4, -0.2) is 49.3 Å². The summed E-state index contributed by atoms with van der Waals surface area (Å²) in [5.74, 6) is -0.742. The van der Waals surface area contributed by atoms with Crippen molar-refractivity contribution in [2.24, 2.45) is 5.10 Å². The van der Waals surface area contributed by atoms with Crippen LogP contribution < -0.4 is 10.1 Å². The normalized spacial score (nSPS) is 12.9. The van der Waals surface area contributed by atoms with Crippen LogP contribution in [0.15, 0.2) is 53.6 Å². The summed E-state index contributed by atoms with van der Waals surface area (Å²) in [4.78, 5) is 36.7. The van der Waals surface area contributed by atoms with Crippen LogP contribution in [0.4, 0.5) is 5.69 Å². The van der Waals surface area contributed by atoms with E-state index in [2.05, 4.69) is 10.4 Å². The Morgan fingerprint density at radius 1 is 1.07 bits per heavy atom. The van der Waals surface area contributed by atoms with Gasteiger partial charge in [0, 0.05) is 19.3 Å². The van der Waals surface area contributed by atoms with Crippen LogP contribution in [0.5, 0.6) is 5.75 Å². The molecule has 1 aliphatic heterocycles. The predicted molar refractivity (Wildman–Crippen MR) is 112 cm³/mol. The van der Waals surface area contributed by atoms with E-state index in [0.29, 0.717) is 24.4 Å². The third kappa shape index (κ3) is 5.02. The number of nitrogens with one attached hydrogen (secondary N) is 1. The van der Waals surface area contributed by atoms with Gasteiger partial charge in [-0.2, -0.15) is 5.10 Å². The molecule has 2 aromatic rings. The number of esters is 1. The van der Waals surface area contributed by atoms with Crippen LogP contribution in [0.25, 0.3) is 0 Å². The highest BCUT2D eigenvalue weighted by molar-refractivity contribution is 6.03. The zero-order valence-corrected chi connectivity index (χ0v) is 16.9. The molecule has 0 fully saturated rings. The van der Waals surface area contributed by atoms with Crippen LogP contribution in [0, 0.1) is 0 Å². The van der Waals surface area contributed by atoms with Gasteiger partial charge in [-0.25, -0.2) is 9.80 Å². The van der Waals surface area contributed by atoms with Crippen molar-refractivity contribution in [2.75, 3.05) is 26.1 Å². The van der Waals surface area contributed by atoms with Gasteiger partial charge < -0.3 is 14.8 Å². The first kappa shape index (κ1) is 21.0. The predicted octanol–water partition coefficient (Wildman–Crippen LogP) is 2.84. The number of carbonyl (C=O) groups excluding carboxylic acids is 3. The Labute approximate surface area is 174 Å². The lowest BCUT2D eigenvalue weighted by atomic mass is 10.1. The first-order chi connectivity index (χ1) is 14.5. The molecule has 8 heteroatoms. The third-order valence-electron chi connectivity index (χ3n) is 4.67. The molecule has 0 spiro atoms. The number of hydrogen-bond acceptors (Lipinski definition) is 6. The largest absolute Gasteiger partial charge is 0.497 e. The molecule has 156 valence electrons. The molecule has 0 bridgehead atoms. The SMILES string of the molecule is COC(=O)c1cc(OC)ccc1NC(=O)CCC(=O)N1CCC(c2ccccc2)=N1. The van der Waals surface area contributed by atoms with Crippen LogP contribution >= 0.6 is 0 Å². The van der Waals surface area contributed by atoms with Gasteiger partial charge in [-0.15, -0.1) is 0 Å². The molecule has 2 aromatic carbocycles. The van der Waals surface area contributed by atoms with E-state index < -0.39 is 5.97 Å². The number of anilines is 1. The zero-order valence-electron chi connectivity index (χ0n) is 16.9. The molecular weight excluding hydrogens is 386 g/mol. The van der Waals surface area contributed by atoms with Crippen molar-refractivity contribution in [2.45, 2.75) is 19.3 Å². The maximum atomic E-state index is 12.4. The Morgan fingerprint density at radius 3 is 2.53 bits per heavy atom. The molecule has 0 atom stereocenters. The third-order valence-corrected chi connectivity index (χ3v) is 4.67. The lowest BCUT2D eigenvalue weighted by Crippen LogP contribution is -2.25. The van der Waals surface area contributed by atoms with Crippen LogP contribution in [0.3, 0.4) is 0 Å². The van der Waals surface area contributed by atoms with Crippen molar-refractivity contribution in [3.63, 3.8) is 0 Å². The van der Waals surface area contributed by atoms with Crippen LogP contribution in [0.2, 0.25) is 0 Å². The lowest BCUT2D eigenvalue weighted by molar-refractivity contribution is -0.132. The fraction of sp³-hybridized carbons (Fsp3) is 0.273. The molecule has 1 aliphatic rings. The van der Waals surface area contributed by atoms with Crippen molar-refractivity contribution in [1.29, 1.82) is 0 Å². The Morgan fingerprint density at radius 2 is 1.83 bits per heavy atom. The second-order valence-corrected chi connectivity index (χ2v) is 6.63. The van der Waals surface area contributed by atoms with E-state index in [-0.39, 0.29) is 30.2 Å². The van der Waals surface area contributed by atoms with Gasteiger partial charge in [0.15, 0.2) is 0 Å². The summed E-state index contributed by atoms with van der Waals surface area (Å²) in [7, 11) is 2.73. The molecule has 2 amide bonds. The van der Waals surface area contributed by atoms with Crippen molar-refractivity contribution in [3.05, 3.63) is 59.7 Å². The first-order valence-corrected chi connectivity index (χ1v) is 9.51. The van der Waals surface area contributed by atoms with E-state index in [4.69, 9.17) is 9.47 Å². The van der Waals surface area contributed by atoms with Gasteiger partial charge >= 0.3 is 5.97 Å². The minimum Gasteiger partial charge on any atom is -0.497 e. The zero-order chi connectivity index (χ0) is 21.5. The van der Waals surface area contributed by atoms with E-state index in [1.807, 2.05) is 30.3 Å². The first-order valence-electron chi connectivity index (χ1n) is 9.51. The molecule has 0 aromatic heterocycles. The van der Waals surface area contributed by atoms with E-state index in [0.717, 1.165) is 11.3 Å². The van der Waals surface area contributed by atoms with E-state index >= 15 is 0 Å². The number of hydrazone groups is 1. The van der Waals surface area contributed by atoms with Crippen molar-refractivity contribution in [1.82, 2.24) is 5.01 Å². The summed E-state index contributed by atoms with van der Waals surface area (Å²) in [5.41, 5.74) is 2.31. The Kier molecular flexibility index (Phi) is 6.79. The second-order valence-electron chi connectivity index (χ2n) is 6.63. The standard InChI is InChI=1S/C22H23N3O5/c1-29-16-8-9-19(17(14-16)22(28)30-2)23-20(26)10-11-21(27)25-13-12-18(24-25)15-6-4-3-5-7-15/h3-9,14H,10-13H2,1-2H3,(H,23,26). The van der Waals surface area contributed by atoms with E-state index in [1.165, 1.54) is 25.3 Å². The molecule has 0 radical (unpaired) electrons. The fourth-order valence-electron chi connectivity index (χ4n) is 3.07. The van der Waals surface area contributed by atoms with Gasteiger partial charge in [-0.1, -0.05) is 30.3 Å². The number of methoxy groups -OCH3 is 2. The van der Waals surface area contributed by atoms with Gasteiger partial charge in [0.2, 0.25) is 11.8 Å². The molecular formula is C22H23N3O5. The number of amides is 2. The number of hydrogen-bond donors (Lipinski definition) is 1. The summed E-state index contributed by atoms with van der Waals surface area (Å²) < 4.78 is 9.85. The number of carbonyl (C=O) groups is 3. The number of benzene rings is 2. The fourth-order valence-corrected chi connectivity index (χ4v) is 3.07. The number of rotatable bonds is 7. The minimum atomic E-state index is -0.597. The van der Waals surface area contributed by atoms with E-state index in [9.17, 15) is 14.4 Å². The molecule has 0 unspecified atom stereocenters. The summed E-state index contributed by atoms with van der Waals surface area (Å²) in [6, 6.07) is 14.3. The smallest absolute Gasteiger partial charge is 0.340 e. The Balaban J connectivity index is 1.58. The van der Waals surface area contributed by atoms with Gasteiger partial charge in [-0.3, -0.25) is 9.59 Å². The summed E-state index contributed by atoms with van der Waals surface area (Å²) in [6.07, 6.45) is 0.662. The maximum absolute atomic E-state index is 12.4. The van der Waals surface area contributed by atoms with E-state index in [1.54, 1.807) is 12.1 Å². The molecule has 1 heterocycles. The van der Waals surface area contributed by atoms with Crippen LogP contribution in [0.1, 0.15) is 35.2 Å². The minimum absolute atomic E-state index is 0.0150. The van der Waals surface area contributed by atoms with Crippen molar-refractivity contribution >= 4 is 29.2 Å². The van der Waals surface area contributed by atoms with Crippen molar-refractivity contribution in [3.8, 4) is 5.75 Å². The quantitative estimate of drug-likeness (QED) is 0.709. The highest BCUT2D eigenvalue weighted by Crippen LogP contribution is 2.23. The number of ether oxygens (including phenoxy) is 2. The second kappa shape index (κ2) is 9.69. The molecule has 1 N–H and O–H groups in total. The molecule has 8 nitrogen and oxygen atoms in total. The number of nitrogens with zero attached hydrogens (tertiary/aromatic N) is 2. The molecule has 0 saturated carbocycles. The highest BCUT2D eigenvalue weighted by atomic mass is 16.5. The Bertz CT molecular complexity index is 972. The molecule has 0 aliphatic carbocycles. The van der Waals surface area contributed by atoms with Gasteiger partial charge in [0.1, 0.15) is 5.75 Å². The van der Waals surface area contributed by atoms with Crippen molar-refractivity contribution < 1.29 is 23.9 Å². The lowest BCUT2D eigenvalue weighted by Gasteiger charge is -2.13. The van der Waals surface area contributed by atoms with Crippen LogP contribution in [-0.2, 0) is 14.3 Å².